The van der Waals surface area contributed by atoms with E-state index in [0.29, 0.717) is 18.1 Å². The van der Waals surface area contributed by atoms with Crippen molar-refractivity contribution in [1.29, 1.82) is 0 Å². The molecule has 0 rings (SSSR count). The van der Waals surface area contributed by atoms with Gasteiger partial charge in [-0.25, -0.2) is 0 Å². The third-order valence-electron chi connectivity index (χ3n) is 2.16. The third-order valence-corrected chi connectivity index (χ3v) is 2.16. The number of allylic oxidation sites excluding steroid dienone is 1. The molecule has 0 aliphatic heterocycles. The van der Waals surface area contributed by atoms with Gasteiger partial charge < -0.3 is 15.6 Å². The largest absolute Gasteiger partial charge is 0.490 e. The zero-order chi connectivity index (χ0) is 12.6. The summed E-state index contributed by atoms with van der Waals surface area (Å²) in [7, 11) is 0. The lowest BCUT2D eigenvalue weighted by molar-refractivity contribution is 0.189. The van der Waals surface area contributed by atoms with Crippen molar-refractivity contribution in [2.24, 2.45) is 16.1 Å². The fourth-order valence-corrected chi connectivity index (χ4v) is 0.756. The van der Waals surface area contributed by atoms with E-state index in [1.807, 2.05) is 20.8 Å². The highest BCUT2D eigenvalue weighted by Crippen LogP contribution is 2.24. The molecule has 0 aliphatic rings. The van der Waals surface area contributed by atoms with Gasteiger partial charge in [0.25, 0.3) is 0 Å². The molecule has 0 aliphatic carbocycles. The molecule has 3 N–H and O–H groups in total. The van der Waals surface area contributed by atoms with E-state index in [-0.39, 0.29) is 6.61 Å². The highest BCUT2D eigenvalue weighted by Gasteiger charge is 2.19. The number of ether oxygens (including phenoxy) is 1. The zero-order valence-electron chi connectivity index (χ0n) is 10.4. The van der Waals surface area contributed by atoms with Gasteiger partial charge in [-0.15, -0.1) is 0 Å². The van der Waals surface area contributed by atoms with Crippen LogP contribution in [0.3, 0.4) is 0 Å². The maximum Gasteiger partial charge on any atom is 0.152 e. The summed E-state index contributed by atoms with van der Waals surface area (Å²) < 4.78 is 5.32. The van der Waals surface area contributed by atoms with E-state index in [2.05, 4.69) is 11.6 Å². The summed E-state index contributed by atoms with van der Waals surface area (Å²) in [5.41, 5.74) is 5.55. The molecule has 0 saturated heterocycles. The van der Waals surface area contributed by atoms with Gasteiger partial charge >= 0.3 is 0 Å². The van der Waals surface area contributed by atoms with Gasteiger partial charge in [-0.1, -0.05) is 27.4 Å². The van der Waals surface area contributed by atoms with Gasteiger partial charge in [0, 0.05) is 17.3 Å². The molecule has 4 nitrogen and oxygen atoms in total. The summed E-state index contributed by atoms with van der Waals surface area (Å²) in [5, 5.41) is 9.12. The average Bonchev–Trinajstić information content (AvgIpc) is 2.28. The zero-order valence-corrected chi connectivity index (χ0v) is 10.4. The molecule has 16 heavy (non-hydrogen) atoms. The monoisotopic (exact) mass is 226 g/mol. The van der Waals surface area contributed by atoms with Crippen molar-refractivity contribution in [2.75, 3.05) is 13.2 Å². The molecule has 0 amide bonds. The Morgan fingerprint density at radius 3 is 2.62 bits per heavy atom. The smallest absolute Gasteiger partial charge is 0.152 e. The lowest BCUT2D eigenvalue weighted by atomic mass is 9.91. The van der Waals surface area contributed by atoms with Crippen LogP contribution in [-0.2, 0) is 4.74 Å². The Balaban J connectivity index is 4.41. The van der Waals surface area contributed by atoms with E-state index < -0.39 is 5.41 Å². The van der Waals surface area contributed by atoms with Gasteiger partial charge in [0.1, 0.15) is 0 Å². The number of aliphatic hydroxyl groups is 1. The van der Waals surface area contributed by atoms with Crippen LogP contribution in [0.15, 0.2) is 29.2 Å². The maximum absolute atomic E-state index is 9.12. The Morgan fingerprint density at radius 2 is 2.19 bits per heavy atom. The van der Waals surface area contributed by atoms with Crippen molar-refractivity contribution in [3.05, 3.63) is 24.2 Å². The van der Waals surface area contributed by atoms with E-state index in [1.165, 1.54) is 12.4 Å². The SMILES string of the molecule is C=C(N=C/C(=C\N)OCCC)C(C)(C)CO. The average molecular weight is 226 g/mol. The second-order valence-electron chi connectivity index (χ2n) is 4.16. The van der Waals surface area contributed by atoms with Gasteiger partial charge in [0.05, 0.1) is 19.4 Å². The van der Waals surface area contributed by atoms with Crippen molar-refractivity contribution in [1.82, 2.24) is 0 Å². The van der Waals surface area contributed by atoms with E-state index in [9.17, 15) is 0 Å². The lowest BCUT2D eigenvalue weighted by Crippen LogP contribution is -2.18. The quantitative estimate of drug-likeness (QED) is 0.514. The van der Waals surface area contributed by atoms with Crippen LogP contribution in [0, 0.1) is 5.41 Å². The lowest BCUT2D eigenvalue weighted by Gasteiger charge is -2.20. The molecule has 0 unspecified atom stereocenters. The van der Waals surface area contributed by atoms with Gasteiger partial charge in [0.2, 0.25) is 0 Å². The predicted molar refractivity (Wildman–Crippen MR) is 67.0 cm³/mol. The van der Waals surface area contributed by atoms with Crippen LogP contribution in [-0.4, -0.2) is 24.5 Å². The second kappa shape index (κ2) is 7.06. The van der Waals surface area contributed by atoms with Crippen molar-refractivity contribution >= 4 is 6.21 Å². The Hall–Kier alpha value is -1.29. The first-order valence-corrected chi connectivity index (χ1v) is 5.37. The van der Waals surface area contributed by atoms with Gasteiger partial charge in [-0.05, 0) is 6.42 Å². The first kappa shape index (κ1) is 14.7. The van der Waals surface area contributed by atoms with Crippen molar-refractivity contribution < 1.29 is 9.84 Å². The predicted octanol–water partition coefficient (Wildman–Crippen LogP) is 1.82. The number of rotatable bonds is 7. The molecule has 0 radical (unpaired) electrons. The molecular formula is C12H22N2O2. The van der Waals surface area contributed by atoms with Crippen molar-refractivity contribution in [3.8, 4) is 0 Å². The summed E-state index contributed by atoms with van der Waals surface area (Å²) in [4.78, 5) is 4.14. The Labute approximate surface area is 97.5 Å². The van der Waals surface area contributed by atoms with E-state index in [0.717, 1.165) is 6.42 Å². The maximum atomic E-state index is 9.12. The van der Waals surface area contributed by atoms with Gasteiger partial charge in [-0.2, -0.15) is 0 Å². The number of nitrogens with two attached hydrogens (primary N) is 1. The highest BCUT2D eigenvalue weighted by atomic mass is 16.5. The van der Waals surface area contributed by atoms with Crippen LogP contribution in [0.2, 0.25) is 0 Å². The van der Waals surface area contributed by atoms with Crippen molar-refractivity contribution in [3.63, 3.8) is 0 Å². The second-order valence-corrected chi connectivity index (χ2v) is 4.16. The van der Waals surface area contributed by atoms with Crippen LogP contribution < -0.4 is 5.73 Å². The minimum Gasteiger partial charge on any atom is -0.490 e. The van der Waals surface area contributed by atoms with Crippen LogP contribution in [0.5, 0.6) is 0 Å². The Morgan fingerprint density at radius 1 is 1.56 bits per heavy atom. The first-order valence-electron chi connectivity index (χ1n) is 5.37. The molecule has 0 atom stereocenters. The molecule has 4 heteroatoms. The summed E-state index contributed by atoms with van der Waals surface area (Å²) in [6.07, 6.45) is 3.79. The summed E-state index contributed by atoms with van der Waals surface area (Å²) in [6.45, 7) is 10.2. The van der Waals surface area contributed by atoms with E-state index in [4.69, 9.17) is 15.6 Å². The fourth-order valence-electron chi connectivity index (χ4n) is 0.756. The summed E-state index contributed by atoms with van der Waals surface area (Å²) in [6, 6.07) is 0. The molecule has 0 aromatic carbocycles. The van der Waals surface area contributed by atoms with Crippen LogP contribution in [0.25, 0.3) is 0 Å². The van der Waals surface area contributed by atoms with E-state index in [1.54, 1.807) is 0 Å². The Bertz CT molecular complexity index is 281. The molecule has 0 spiro atoms. The number of nitrogens with zero attached hydrogens (tertiary/aromatic N) is 1. The standard InChI is InChI=1S/C12H22N2O2/c1-5-6-16-11(7-13)8-14-10(2)12(3,4)9-15/h7-8,15H,2,5-6,9,13H2,1,3-4H3/b11-7+,14-8?. The molecule has 0 bridgehead atoms. The topological polar surface area (TPSA) is 67.8 Å². The third kappa shape index (κ3) is 4.98. The summed E-state index contributed by atoms with van der Waals surface area (Å²) >= 11 is 0. The van der Waals surface area contributed by atoms with Crippen LogP contribution in [0.4, 0.5) is 0 Å². The van der Waals surface area contributed by atoms with Crippen LogP contribution in [0.1, 0.15) is 27.2 Å². The minimum absolute atomic E-state index is 0.000658. The molecule has 0 aromatic rings. The Kier molecular flexibility index (Phi) is 6.49. The molecule has 0 heterocycles. The first-order chi connectivity index (χ1) is 7.47. The fraction of sp³-hybridized carbons (Fsp3) is 0.583. The number of aliphatic hydroxyl groups excluding tert-OH is 1. The minimum atomic E-state index is -0.430. The normalized spacial score (nSPS) is 13.1. The number of aliphatic imine (C=N–C) groups is 1. The molecular weight excluding hydrogens is 204 g/mol. The van der Waals surface area contributed by atoms with E-state index >= 15 is 0 Å². The number of hydrogen-bond acceptors (Lipinski definition) is 4. The van der Waals surface area contributed by atoms with Crippen LogP contribution >= 0.6 is 0 Å². The van der Waals surface area contributed by atoms with Gasteiger partial charge in [-0.3, -0.25) is 4.99 Å². The van der Waals surface area contributed by atoms with Crippen molar-refractivity contribution in [2.45, 2.75) is 27.2 Å². The molecule has 0 aromatic heterocycles. The summed E-state index contributed by atoms with van der Waals surface area (Å²) in [5.74, 6) is 0.511. The number of hydrogen-bond donors (Lipinski definition) is 2. The highest BCUT2D eigenvalue weighted by molar-refractivity contribution is 5.76. The molecule has 0 fully saturated rings. The molecule has 0 saturated carbocycles. The molecule has 92 valence electrons. The van der Waals surface area contributed by atoms with Gasteiger partial charge in [0.15, 0.2) is 5.76 Å².